The van der Waals surface area contributed by atoms with Crippen molar-refractivity contribution in [3.05, 3.63) is 0 Å². The van der Waals surface area contributed by atoms with Crippen LogP contribution in [0.3, 0.4) is 0 Å². The Morgan fingerprint density at radius 3 is 2.13 bits per heavy atom. The van der Waals surface area contributed by atoms with Crippen molar-refractivity contribution in [1.82, 2.24) is 4.90 Å². The molecule has 9 heteroatoms. The molecule has 0 rings (SSSR count). The second-order valence-electron chi connectivity index (χ2n) is 2.62. The van der Waals surface area contributed by atoms with Crippen molar-refractivity contribution in [2.45, 2.75) is 12.4 Å². The maximum atomic E-state index is 11.9. The summed E-state index contributed by atoms with van der Waals surface area (Å²) in [5, 5.41) is 0. The molecule has 15 heavy (non-hydrogen) atoms. The minimum atomic E-state index is -5.54. The van der Waals surface area contributed by atoms with Crippen LogP contribution in [0.25, 0.3) is 0 Å². The maximum Gasteiger partial charge on any atom is 0.518 e. The van der Waals surface area contributed by atoms with Crippen molar-refractivity contribution >= 4 is 16.0 Å². The number of halogens is 3. The lowest BCUT2D eigenvalue weighted by Crippen LogP contribution is -2.29. The van der Waals surface area contributed by atoms with Crippen LogP contribution in [0.2, 0.25) is 0 Å². The first-order valence-electron chi connectivity index (χ1n) is 3.83. The quantitative estimate of drug-likeness (QED) is 0.535. The molecule has 0 saturated carbocycles. The first-order chi connectivity index (χ1) is 6.62. The summed E-state index contributed by atoms with van der Waals surface area (Å²) in [4.78, 5) is 1.03. The smallest absolute Gasteiger partial charge is 0.465 e. The van der Waals surface area contributed by atoms with Crippen molar-refractivity contribution in [2.24, 2.45) is 4.40 Å². The lowest BCUT2D eigenvalue weighted by atomic mass is 10.8. The van der Waals surface area contributed by atoms with Gasteiger partial charge in [-0.3, -0.25) is 0 Å². The van der Waals surface area contributed by atoms with E-state index in [9.17, 15) is 21.6 Å². The van der Waals surface area contributed by atoms with Crippen molar-refractivity contribution in [3.63, 3.8) is 0 Å². The normalized spacial score (nSPS) is 13.9. The number of alkyl halides is 3. The lowest BCUT2D eigenvalue weighted by molar-refractivity contribution is -0.0436. The Labute approximate surface area is 85.6 Å². The van der Waals surface area contributed by atoms with Gasteiger partial charge in [0.2, 0.25) is 0 Å². The summed E-state index contributed by atoms with van der Waals surface area (Å²) in [5.41, 5.74) is -5.41. The van der Waals surface area contributed by atoms with E-state index in [4.69, 9.17) is 0 Å². The average Bonchev–Trinajstić information content (AvgIpc) is 2.00. The molecule has 5 nitrogen and oxygen atoms in total. The first-order valence-corrected chi connectivity index (χ1v) is 5.27. The Bertz CT molecular complexity index is 334. The number of rotatable bonds is 2. The van der Waals surface area contributed by atoms with Gasteiger partial charge in [-0.1, -0.05) is 0 Å². The highest BCUT2D eigenvalue weighted by Gasteiger charge is 2.46. The van der Waals surface area contributed by atoms with Gasteiger partial charge in [0.15, 0.2) is 0 Å². The number of nitrogens with zero attached hydrogens (tertiary/aromatic N) is 2. The van der Waals surface area contributed by atoms with Crippen LogP contribution in [0, 0.1) is 0 Å². The molecule has 0 atom stereocenters. The largest absolute Gasteiger partial charge is 0.518 e. The lowest BCUT2D eigenvalue weighted by Gasteiger charge is -2.15. The molecule has 90 valence electrons. The third kappa shape index (κ3) is 3.94. The molecule has 0 fully saturated rings. The Morgan fingerprint density at radius 2 is 1.87 bits per heavy atom. The zero-order valence-corrected chi connectivity index (χ0v) is 9.18. The predicted octanol–water partition coefficient (Wildman–Crippen LogP) is 0.790. The summed E-state index contributed by atoms with van der Waals surface area (Å²) in [7, 11) is -2.90. The zero-order chi connectivity index (χ0) is 12.3. The van der Waals surface area contributed by atoms with Crippen LogP contribution in [0.5, 0.6) is 0 Å². The van der Waals surface area contributed by atoms with Gasteiger partial charge < -0.3 is 9.64 Å². The van der Waals surface area contributed by atoms with Gasteiger partial charge >= 0.3 is 21.6 Å². The number of hydrogen-bond donors (Lipinski definition) is 0. The summed E-state index contributed by atoms with van der Waals surface area (Å²) in [6, 6.07) is -0.602. The van der Waals surface area contributed by atoms with Crippen LogP contribution in [0.1, 0.15) is 6.92 Å². The Hall–Kier alpha value is -0.990. The highest BCUT2D eigenvalue weighted by molar-refractivity contribution is 7.91. The van der Waals surface area contributed by atoms with E-state index in [1.807, 2.05) is 0 Å². The number of amidine groups is 1. The van der Waals surface area contributed by atoms with Crippen LogP contribution in [0.4, 0.5) is 13.2 Å². The SMILES string of the molecule is CCO/C(=N/S(=O)(=O)C(F)(F)F)N(C)C. The van der Waals surface area contributed by atoms with Gasteiger partial charge in [-0.05, 0) is 6.92 Å². The zero-order valence-electron chi connectivity index (χ0n) is 8.37. The molecule has 0 saturated heterocycles. The highest BCUT2D eigenvalue weighted by atomic mass is 32.2. The second kappa shape index (κ2) is 4.69. The van der Waals surface area contributed by atoms with Crippen molar-refractivity contribution in [2.75, 3.05) is 20.7 Å². The molecule has 0 aliphatic rings. The maximum absolute atomic E-state index is 11.9. The van der Waals surface area contributed by atoms with E-state index in [-0.39, 0.29) is 6.61 Å². The predicted molar refractivity (Wildman–Crippen MR) is 47.7 cm³/mol. The van der Waals surface area contributed by atoms with Gasteiger partial charge in [0, 0.05) is 14.1 Å². The summed E-state index contributed by atoms with van der Waals surface area (Å²) < 4.78 is 64.2. The Balaban J connectivity index is 5.16. The topological polar surface area (TPSA) is 59.0 Å². The number of sulfonamides is 1. The van der Waals surface area contributed by atoms with Crippen LogP contribution >= 0.6 is 0 Å². The van der Waals surface area contributed by atoms with Crippen LogP contribution in [-0.2, 0) is 14.8 Å². The Morgan fingerprint density at radius 1 is 1.40 bits per heavy atom. The van der Waals surface area contributed by atoms with E-state index in [1.54, 1.807) is 0 Å². The molecule has 0 aromatic carbocycles. The van der Waals surface area contributed by atoms with Gasteiger partial charge in [-0.2, -0.15) is 21.6 Å². The minimum absolute atomic E-state index is 0.0182. The summed E-state index contributed by atoms with van der Waals surface area (Å²) in [6.45, 7) is 1.52. The molecule has 0 aromatic heterocycles. The minimum Gasteiger partial charge on any atom is -0.465 e. The fourth-order valence-corrected chi connectivity index (χ4v) is 1.05. The molecule has 0 unspecified atom stereocenters. The molecule has 0 amide bonds. The molecular formula is C6H11F3N2O3S. The summed E-state index contributed by atoms with van der Waals surface area (Å²) in [6.07, 6.45) is 0. The van der Waals surface area contributed by atoms with Crippen molar-refractivity contribution in [1.29, 1.82) is 0 Å². The third-order valence-electron chi connectivity index (χ3n) is 1.15. The van der Waals surface area contributed by atoms with Gasteiger partial charge in [-0.15, -0.1) is 4.40 Å². The standard InChI is InChI=1S/C6H11F3N2O3S/c1-4-14-5(11(2)3)10-15(12,13)6(7,8)9/h4H2,1-3H3/b10-5+. The fraction of sp³-hybridized carbons (Fsp3) is 0.833. The van der Waals surface area contributed by atoms with E-state index in [2.05, 4.69) is 9.13 Å². The van der Waals surface area contributed by atoms with E-state index in [1.165, 1.54) is 21.0 Å². The van der Waals surface area contributed by atoms with Gasteiger partial charge in [0.05, 0.1) is 6.61 Å². The summed E-state index contributed by atoms with van der Waals surface area (Å²) in [5.74, 6) is 0. The Kier molecular flexibility index (Phi) is 4.38. The molecule has 0 aromatic rings. The van der Waals surface area contributed by atoms with Gasteiger partial charge in [-0.25, -0.2) is 0 Å². The molecular weight excluding hydrogens is 237 g/mol. The molecule has 0 heterocycles. The second-order valence-corrected chi connectivity index (χ2v) is 4.22. The van der Waals surface area contributed by atoms with E-state index in [0.29, 0.717) is 0 Å². The number of ether oxygens (including phenoxy) is 1. The summed E-state index contributed by atoms with van der Waals surface area (Å²) >= 11 is 0. The van der Waals surface area contributed by atoms with Crippen molar-refractivity contribution in [3.8, 4) is 0 Å². The fourth-order valence-electron chi connectivity index (χ4n) is 0.521. The number of hydrogen-bond acceptors (Lipinski definition) is 3. The molecule has 0 aliphatic carbocycles. The molecule has 0 N–H and O–H groups in total. The van der Waals surface area contributed by atoms with E-state index < -0.39 is 21.6 Å². The average molecular weight is 248 g/mol. The monoisotopic (exact) mass is 248 g/mol. The van der Waals surface area contributed by atoms with Crippen molar-refractivity contribution < 1.29 is 26.3 Å². The van der Waals surface area contributed by atoms with E-state index in [0.717, 1.165) is 4.90 Å². The van der Waals surface area contributed by atoms with Crippen LogP contribution in [-0.4, -0.2) is 45.5 Å². The van der Waals surface area contributed by atoms with Gasteiger partial charge in [0.1, 0.15) is 0 Å². The van der Waals surface area contributed by atoms with Gasteiger partial charge in [0.25, 0.3) is 0 Å². The molecule has 0 bridgehead atoms. The molecule has 0 spiro atoms. The molecule has 0 radical (unpaired) electrons. The van der Waals surface area contributed by atoms with Crippen LogP contribution < -0.4 is 0 Å². The van der Waals surface area contributed by atoms with Crippen LogP contribution in [0.15, 0.2) is 4.40 Å². The first kappa shape index (κ1) is 14.0. The van der Waals surface area contributed by atoms with E-state index >= 15 is 0 Å². The molecule has 0 aliphatic heterocycles. The third-order valence-corrected chi connectivity index (χ3v) is 2.13. The highest BCUT2D eigenvalue weighted by Crippen LogP contribution is 2.24.